The van der Waals surface area contributed by atoms with Gasteiger partial charge in [-0.1, -0.05) is 41.4 Å². The third-order valence-electron chi connectivity index (χ3n) is 4.81. The van der Waals surface area contributed by atoms with Gasteiger partial charge in [0.1, 0.15) is 17.8 Å². The third kappa shape index (κ3) is 4.02. The summed E-state index contributed by atoms with van der Waals surface area (Å²) in [4.78, 5) is 46.4. The Morgan fingerprint density at radius 3 is 2.65 bits per heavy atom. The van der Waals surface area contributed by atoms with Crippen molar-refractivity contribution < 1.29 is 13.9 Å². The predicted molar refractivity (Wildman–Crippen MR) is 118 cm³/mol. The van der Waals surface area contributed by atoms with Crippen LogP contribution in [0.5, 0.6) is 0 Å². The molecule has 160 valence electrons. The minimum Gasteiger partial charge on any atom is -0.464 e. The first kappa shape index (κ1) is 21.0. The molecule has 31 heavy (non-hydrogen) atoms. The van der Waals surface area contributed by atoms with E-state index in [1.165, 1.54) is 11.6 Å². The van der Waals surface area contributed by atoms with Gasteiger partial charge in [-0.15, -0.1) is 0 Å². The highest BCUT2D eigenvalue weighted by molar-refractivity contribution is 9.10. The number of rotatable bonds is 6. The lowest BCUT2D eigenvalue weighted by molar-refractivity contribution is -0.144. The Kier molecular flexibility index (Phi) is 5.73. The Bertz CT molecular complexity index is 1400. The maximum Gasteiger partial charge on any atom is 0.333 e. The van der Waals surface area contributed by atoms with Crippen LogP contribution < -0.4 is 11.2 Å². The number of benzene rings is 1. The maximum absolute atomic E-state index is 12.9. The van der Waals surface area contributed by atoms with Crippen LogP contribution in [-0.4, -0.2) is 31.7 Å². The molecule has 0 aliphatic rings. The molecule has 0 saturated heterocycles. The molecule has 0 atom stereocenters. The summed E-state index contributed by atoms with van der Waals surface area (Å²) in [5.41, 5.74) is 0.0569. The number of hydrogen-bond acceptors (Lipinski definition) is 7. The highest BCUT2D eigenvalue weighted by Crippen LogP contribution is 2.27. The van der Waals surface area contributed by atoms with E-state index in [1.807, 2.05) is 31.2 Å². The molecule has 9 nitrogen and oxygen atoms in total. The van der Waals surface area contributed by atoms with Crippen LogP contribution in [0.15, 0.2) is 48.8 Å². The highest BCUT2D eigenvalue weighted by atomic mass is 79.9. The SMILES string of the molecule is CCCCOC(=O)Cn1c(=O)c2nc3cc(-c4ccc(Br)cc4)oc3nc2n(C)c1=O. The van der Waals surface area contributed by atoms with Gasteiger partial charge in [0, 0.05) is 23.2 Å². The smallest absolute Gasteiger partial charge is 0.333 e. The number of esters is 1. The van der Waals surface area contributed by atoms with Gasteiger partial charge in [0.2, 0.25) is 5.71 Å². The van der Waals surface area contributed by atoms with Crippen molar-refractivity contribution in [3.05, 3.63) is 55.6 Å². The third-order valence-corrected chi connectivity index (χ3v) is 5.33. The normalized spacial score (nSPS) is 11.3. The molecule has 0 fully saturated rings. The van der Waals surface area contributed by atoms with Gasteiger partial charge < -0.3 is 9.15 Å². The topological polar surface area (TPSA) is 109 Å². The fourth-order valence-corrected chi connectivity index (χ4v) is 3.38. The van der Waals surface area contributed by atoms with Crippen LogP contribution in [0.1, 0.15) is 19.8 Å². The van der Waals surface area contributed by atoms with Gasteiger partial charge >= 0.3 is 11.7 Å². The van der Waals surface area contributed by atoms with Crippen molar-refractivity contribution >= 4 is 44.3 Å². The molecule has 4 aromatic rings. The van der Waals surface area contributed by atoms with E-state index in [0.717, 1.165) is 21.0 Å². The molecule has 0 saturated carbocycles. The summed E-state index contributed by atoms with van der Waals surface area (Å²) in [5.74, 6) is -0.121. The van der Waals surface area contributed by atoms with Crippen LogP contribution in [0.25, 0.3) is 33.7 Å². The summed E-state index contributed by atoms with van der Waals surface area (Å²) in [5, 5.41) is 0. The zero-order chi connectivity index (χ0) is 22.1. The lowest BCUT2D eigenvalue weighted by atomic mass is 10.2. The summed E-state index contributed by atoms with van der Waals surface area (Å²) in [6.45, 7) is 1.72. The number of furan rings is 1. The lowest BCUT2D eigenvalue weighted by Gasteiger charge is -2.09. The van der Waals surface area contributed by atoms with E-state index in [0.29, 0.717) is 17.7 Å². The van der Waals surface area contributed by atoms with Crippen molar-refractivity contribution in [1.29, 1.82) is 0 Å². The van der Waals surface area contributed by atoms with Crippen LogP contribution in [0.2, 0.25) is 0 Å². The van der Waals surface area contributed by atoms with Crippen LogP contribution in [0.4, 0.5) is 0 Å². The molecule has 3 heterocycles. The lowest BCUT2D eigenvalue weighted by Crippen LogP contribution is -2.41. The molecule has 3 aromatic heterocycles. The van der Waals surface area contributed by atoms with Crippen molar-refractivity contribution in [3.8, 4) is 11.3 Å². The monoisotopic (exact) mass is 486 g/mol. The average molecular weight is 487 g/mol. The van der Waals surface area contributed by atoms with Crippen LogP contribution in [0.3, 0.4) is 0 Å². The van der Waals surface area contributed by atoms with Gasteiger partial charge in [-0.2, -0.15) is 4.98 Å². The number of ether oxygens (including phenoxy) is 1. The van der Waals surface area contributed by atoms with Crippen LogP contribution in [-0.2, 0) is 23.1 Å². The van der Waals surface area contributed by atoms with Gasteiger partial charge in [-0.25, -0.2) is 14.3 Å². The molecule has 0 aliphatic carbocycles. The van der Waals surface area contributed by atoms with Crippen molar-refractivity contribution in [3.63, 3.8) is 0 Å². The molecule has 0 N–H and O–H groups in total. The Hall–Kier alpha value is -3.27. The van der Waals surface area contributed by atoms with Crippen LogP contribution >= 0.6 is 15.9 Å². The molecule has 0 bridgehead atoms. The quantitative estimate of drug-likeness (QED) is 0.304. The second-order valence-electron chi connectivity index (χ2n) is 7.01. The van der Waals surface area contributed by atoms with Crippen molar-refractivity contribution in [1.82, 2.24) is 19.1 Å². The molecule has 10 heteroatoms. The summed E-state index contributed by atoms with van der Waals surface area (Å²) >= 11 is 3.39. The Labute approximate surface area is 184 Å². The molecule has 4 rings (SSSR count). The van der Waals surface area contributed by atoms with Gasteiger partial charge in [0.25, 0.3) is 5.56 Å². The Morgan fingerprint density at radius 2 is 1.94 bits per heavy atom. The summed E-state index contributed by atoms with van der Waals surface area (Å²) in [7, 11) is 1.46. The molecule has 0 amide bonds. The zero-order valence-electron chi connectivity index (χ0n) is 16.9. The summed E-state index contributed by atoms with van der Waals surface area (Å²) in [6.07, 6.45) is 1.57. The van der Waals surface area contributed by atoms with Crippen molar-refractivity contribution in [2.45, 2.75) is 26.3 Å². The van der Waals surface area contributed by atoms with E-state index < -0.39 is 23.8 Å². The number of fused-ring (bicyclic) bond motifs is 2. The van der Waals surface area contributed by atoms with Crippen molar-refractivity contribution in [2.24, 2.45) is 7.05 Å². The highest BCUT2D eigenvalue weighted by Gasteiger charge is 2.19. The number of aromatic nitrogens is 4. The van der Waals surface area contributed by atoms with E-state index in [1.54, 1.807) is 6.07 Å². The number of unbranched alkanes of at least 4 members (excludes halogenated alkanes) is 1. The largest absolute Gasteiger partial charge is 0.464 e. The molecular weight excluding hydrogens is 468 g/mol. The van der Waals surface area contributed by atoms with E-state index in [4.69, 9.17) is 9.15 Å². The van der Waals surface area contributed by atoms with Gasteiger partial charge in [-0.3, -0.25) is 14.2 Å². The fraction of sp³-hybridized carbons (Fsp3) is 0.286. The van der Waals surface area contributed by atoms with Crippen LogP contribution in [0, 0.1) is 0 Å². The Morgan fingerprint density at radius 1 is 1.19 bits per heavy atom. The molecule has 0 aliphatic heterocycles. The minimum atomic E-state index is -0.702. The number of aryl methyl sites for hydroxylation is 1. The van der Waals surface area contributed by atoms with E-state index in [9.17, 15) is 14.4 Å². The first-order valence-electron chi connectivity index (χ1n) is 9.71. The number of hydrogen-bond donors (Lipinski definition) is 0. The standard InChI is InChI=1S/C21H19BrN4O5/c1-3-4-9-30-16(27)11-26-20(28)17-18(25(2)21(26)29)24-19-14(23-17)10-15(31-19)12-5-7-13(22)8-6-12/h5-8,10H,3-4,9,11H2,1-2H3. The molecule has 0 radical (unpaired) electrons. The first-order chi connectivity index (χ1) is 14.9. The average Bonchev–Trinajstić information content (AvgIpc) is 3.18. The maximum atomic E-state index is 12.9. The molecular formula is C21H19BrN4O5. The second-order valence-corrected chi connectivity index (χ2v) is 7.93. The second kappa shape index (κ2) is 8.46. The molecule has 0 spiro atoms. The predicted octanol–water partition coefficient (Wildman–Crippen LogP) is 3.01. The zero-order valence-corrected chi connectivity index (χ0v) is 18.5. The van der Waals surface area contributed by atoms with Gasteiger partial charge in [-0.05, 0) is 18.6 Å². The summed E-state index contributed by atoms with van der Waals surface area (Å²) < 4.78 is 13.8. The number of carbonyl (C=O) groups is 1. The minimum absolute atomic E-state index is 0.0286. The van der Waals surface area contributed by atoms with E-state index >= 15 is 0 Å². The number of halogens is 1. The Balaban J connectivity index is 1.79. The van der Waals surface area contributed by atoms with E-state index in [-0.39, 0.29) is 23.5 Å². The van der Waals surface area contributed by atoms with Crippen molar-refractivity contribution in [2.75, 3.05) is 6.61 Å². The van der Waals surface area contributed by atoms with Gasteiger partial charge in [0.05, 0.1) is 6.61 Å². The van der Waals surface area contributed by atoms with E-state index in [2.05, 4.69) is 25.9 Å². The number of carbonyl (C=O) groups excluding carboxylic acids is 1. The first-order valence-corrected chi connectivity index (χ1v) is 10.5. The van der Waals surface area contributed by atoms with Gasteiger partial charge in [0.15, 0.2) is 11.2 Å². The molecule has 1 aromatic carbocycles. The number of nitrogens with zero attached hydrogens (tertiary/aromatic N) is 4. The summed E-state index contributed by atoms with van der Waals surface area (Å²) in [6, 6.07) is 9.17. The molecule has 0 unspecified atom stereocenters. The fourth-order valence-electron chi connectivity index (χ4n) is 3.12.